The maximum Gasteiger partial charge on any atom is 0.209 e. The zero-order valence-corrected chi connectivity index (χ0v) is 19.5. The molecule has 178 valence electrons. The Morgan fingerprint density at radius 3 is 2.43 bits per heavy atom. The fraction of sp³-hybridized carbons (Fsp3) is 0.280. The number of hydrogen-bond acceptors (Lipinski definition) is 7. The van der Waals surface area contributed by atoms with Gasteiger partial charge in [0.1, 0.15) is 11.9 Å². The Hall–Kier alpha value is -4.10. The van der Waals surface area contributed by atoms with Crippen LogP contribution in [0.4, 0.5) is 14.7 Å². The molecular weight excluding hydrogens is 452 g/mol. The summed E-state index contributed by atoms with van der Waals surface area (Å²) >= 11 is 0. The number of methoxy groups -OCH3 is 1. The normalized spacial score (nSPS) is 15.9. The van der Waals surface area contributed by atoms with Crippen molar-refractivity contribution in [3.63, 3.8) is 0 Å². The molecule has 3 heterocycles. The summed E-state index contributed by atoms with van der Waals surface area (Å²) in [6.07, 6.45) is 0. The van der Waals surface area contributed by atoms with Crippen LogP contribution in [0.2, 0.25) is 0 Å². The molecule has 4 aromatic rings. The molecule has 1 atom stereocenters. The van der Waals surface area contributed by atoms with Gasteiger partial charge in [-0.05, 0) is 37.3 Å². The number of nitrogens with zero attached hydrogens (tertiary/aromatic N) is 6. The first kappa shape index (κ1) is 22.7. The first-order valence-corrected chi connectivity index (χ1v) is 11.2. The van der Waals surface area contributed by atoms with Gasteiger partial charge in [-0.25, -0.2) is 18.7 Å². The van der Waals surface area contributed by atoms with E-state index in [-0.39, 0.29) is 17.4 Å². The lowest BCUT2D eigenvalue weighted by Crippen LogP contribution is -2.50. The smallest absolute Gasteiger partial charge is 0.209 e. The van der Waals surface area contributed by atoms with E-state index in [0.717, 1.165) is 25.6 Å². The molecule has 1 aliphatic rings. The highest BCUT2D eigenvalue weighted by molar-refractivity contribution is 5.85. The summed E-state index contributed by atoms with van der Waals surface area (Å²) < 4.78 is 36.1. The van der Waals surface area contributed by atoms with E-state index < -0.39 is 11.6 Å². The fourth-order valence-electron chi connectivity index (χ4n) is 4.35. The summed E-state index contributed by atoms with van der Waals surface area (Å²) in [5.41, 5.74) is 2.41. The lowest BCUT2D eigenvalue weighted by atomic mass is 10.0. The molecule has 0 aliphatic carbocycles. The molecule has 1 aliphatic heterocycles. The molecule has 2 aromatic heterocycles. The lowest BCUT2D eigenvalue weighted by Gasteiger charge is -2.34. The van der Waals surface area contributed by atoms with Crippen LogP contribution in [-0.4, -0.2) is 52.3 Å². The van der Waals surface area contributed by atoms with Gasteiger partial charge in [0.2, 0.25) is 5.95 Å². The molecule has 1 unspecified atom stereocenters. The number of rotatable bonds is 4. The van der Waals surface area contributed by atoms with E-state index in [1.807, 2.05) is 17.7 Å². The van der Waals surface area contributed by atoms with E-state index >= 15 is 0 Å². The minimum atomic E-state index is -0.671. The maximum absolute atomic E-state index is 14.6. The predicted octanol–water partition coefficient (Wildman–Crippen LogP) is 3.65. The molecule has 2 aromatic carbocycles. The minimum Gasteiger partial charge on any atom is -0.494 e. The van der Waals surface area contributed by atoms with Crippen LogP contribution in [0.3, 0.4) is 0 Å². The molecule has 0 saturated carbocycles. The van der Waals surface area contributed by atoms with Crippen LogP contribution in [0.5, 0.6) is 5.75 Å². The van der Waals surface area contributed by atoms with E-state index in [1.54, 1.807) is 12.1 Å². The third-order valence-corrected chi connectivity index (χ3v) is 6.23. The lowest BCUT2D eigenvalue weighted by molar-refractivity contribution is 0.386. The van der Waals surface area contributed by atoms with Gasteiger partial charge in [0, 0.05) is 43.9 Å². The molecule has 1 fully saturated rings. The first-order chi connectivity index (χ1) is 16.9. The molecular formula is C25H23F2N7O. The predicted molar refractivity (Wildman–Crippen MR) is 128 cm³/mol. The van der Waals surface area contributed by atoms with Crippen molar-refractivity contribution in [2.45, 2.75) is 13.0 Å². The maximum atomic E-state index is 14.6. The van der Waals surface area contributed by atoms with Gasteiger partial charge < -0.3 is 15.0 Å². The molecule has 0 spiro atoms. The van der Waals surface area contributed by atoms with E-state index in [2.05, 4.69) is 17.1 Å². The van der Waals surface area contributed by atoms with Crippen LogP contribution in [0.15, 0.2) is 36.4 Å². The molecule has 8 nitrogen and oxygen atoms in total. The van der Waals surface area contributed by atoms with Crippen molar-refractivity contribution in [1.29, 1.82) is 5.26 Å². The number of halogens is 2. The Morgan fingerprint density at radius 1 is 1.06 bits per heavy atom. The standard InChI is InChI=1S/C25H23F2N7O/c1-14-13-29-8-9-34(14)25-32-23-24(33(25)2)31-22(16-6-7-20(35-3)19(27)11-16)21(30-23)15-4-5-17(12-28)18(26)10-15/h4-7,10-11,14,29H,8-9,13H2,1-3H3. The highest BCUT2D eigenvalue weighted by Gasteiger charge is 2.25. The second kappa shape index (κ2) is 8.92. The second-order valence-corrected chi connectivity index (χ2v) is 8.44. The van der Waals surface area contributed by atoms with E-state index in [9.17, 15) is 8.78 Å². The van der Waals surface area contributed by atoms with Gasteiger partial charge in [0.15, 0.2) is 22.9 Å². The summed E-state index contributed by atoms with van der Waals surface area (Å²) in [6.45, 7) is 4.56. The Balaban J connectivity index is 1.74. The van der Waals surface area contributed by atoms with Gasteiger partial charge in [-0.2, -0.15) is 10.2 Å². The molecule has 10 heteroatoms. The first-order valence-electron chi connectivity index (χ1n) is 11.2. The molecule has 1 N–H and O–H groups in total. The van der Waals surface area contributed by atoms with Crippen LogP contribution in [0.25, 0.3) is 33.8 Å². The van der Waals surface area contributed by atoms with Crippen molar-refractivity contribution in [3.05, 3.63) is 53.6 Å². The Bertz CT molecular complexity index is 1480. The molecule has 0 bridgehead atoms. The number of aromatic nitrogens is 4. The van der Waals surface area contributed by atoms with Gasteiger partial charge in [0.05, 0.1) is 24.1 Å². The zero-order valence-electron chi connectivity index (χ0n) is 19.5. The van der Waals surface area contributed by atoms with Gasteiger partial charge in [-0.15, -0.1) is 0 Å². The summed E-state index contributed by atoms with van der Waals surface area (Å²) in [7, 11) is 3.26. The summed E-state index contributed by atoms with van der Waals surface area (Å²) in [4.78, 5) is 16.5. The number of hydrogen-bond donors (Lipinski definition) is 1. The van der Waals surface area contributed by atoms with Crippen molar-refractivity contribution in [2.24, 2.45) is 7.05 Å². The van der Waals surface area contributed by atoms with Gasteiger partial charge in [-0.3, -0.25) is 4.57 Å². The number of aryl methyl sites for hydroxylation is 1. The third kappa shape index (κ3) is 3.94. The average molecular weight is 476 g/mol. The van der Waals surface area contributed by atoms with Crippen LogP contribution < -0.4 is 15.0 Å². The van der Waals surface area contributed by atoms with E-state index in [1.165, 1.54) is 31.4 Å². The fourth-order valence-corrected chi connectivity index (χ4v) is 4.35. The highest BCUT2D eigenvalue weighted by Crippen LogP contribution is 2.34. The highest BCUT2D eigenvalue weighted by atomic mass is 19.1. The van der Waals surface area contributed by atoms with Gasteiger partial charge >= 0.3 is 0 Å². The van der Waals surface area contributed by atoms with Crippen LogP contribution in [0, 0.1) is 23.0 Å². The summed E-state index contributed by atoms with van der Waals surface area (Å²) in [5.74, 6) is -0.396. The number of piperazine rings is 1. The summed E-state index contributed by atoms with van der Waals surface area (Å²) in [5, 5.41) is 12.5. The Morgan fingerprint density at radius 2 is 1.77 bits per heavy atom. The Labute approximate surface area is 200 Å². The van der Waals surface area contributed by atoms with Crippen molar-refractivity contribution in [1.82, 2.24) is 24.8 Å². The number of anilines is 1. The molecule has 5 rings (SSSR count). The second-order valence-electron chi connectivity index (χ2n) is 8.44. The molecule has 0 radical (unpaired) electrons. The largest absolute Gasteiger partial charge is 0.494 e. The number of imidazole rings is 1. The number of ether oxygens (including phenoxy) is 1. The topological polar surface area (TPSA) is 91.9 Å². The van der Waals surface area contributed by atoms with Crippen molar-refractivity contribution in [2.75, 3.05) is 31.6 Å². The van der Waals surface area contributed by atoms with Crippen LogP contribution >= 0.6 is 0 Å². The SMILES string of the molecule is COc1ccc(-c2nc3c(nc2-c2ccc(C#N)c(F)c2)nc(N2CCNCC2C)n3C)cc1F. The number of nitriles is 1. The number of nitrogens with one attached hydrogen (secondary N) is 1. The minimum absolute atomic E-state index is 0.0763. The third-order valence-electron chi connectivity index (χ3n) is 6.23. The number of benzene rings is 2. The van der Waals surface area contributed by atoms with Crippen LogP contribution in [0.1, 0.15) is 12.5 Å². The molecule has 0 amide bonds. The number of fused-ring (bicyclic) bond motifs is 1. The van der Waals surface area contributed by atoms with Crippen LogP contribution in [-0.2, 0) is 7.05 Å². The van der Waals surface area contributed by atoms with Crippen molar-refractivity contribution in [3.8, 4) is 34.3 Å². The summed E-state index contributed by atoms with van der Waals surface area (Å²) in [6, 6.07) is 10.8. The van der Waals surface area contributed by atoms with Gasteiger partial charge in [0.25, 0.3) is 0 Å². The van der Waals surface area contributed by atoms with Crippen molar-refractivity contribution >= 4 is 17.2 Å². The molecule has 1 saturated heterocycles. The van der Waals surface area contributed by atoms with E-state index in [0.29, 0.717) is 33.8 Å². The quantitative estimate of drug-likeness (QED) is 0.482. The molecule has 35 heavy (non-hydrogen) atoms. The van der Waals surface area contributed by atoms with E-state index in [4.69, 9.17) is 25.0 Å². The monoisotopic (exact) mass is 475 g/mol. The van der Waals surface area contributed by atoms with Crippen molar-refractivity contribution < 1.29 is 13.5 Å². The zero-order chi connectivity index (χ0) is 24.7. The Kier molecular flexibility index (Phi) is 5.78. The average Bonchev–Trinajstić information content (AvgIpc) is 3.18. The van der Waals surface area contributed by atoms with Gasteiger partial charge in [-0.1, -0.05) is 6.07 Å².